The maximum absolute atomic E-state index is 11.1. The van der Waals surface area contributed by atoms with Gasteiger partial charge >= 0.3 is 11.9 Å². The van der Waals surface area contributed by atoms with E-state index in [1.165, 1.54) is 24.3 Å². The average molecular weight is 272 g/mol. The van der Waals surface area contributed by atoms with E-state index in [2.05, 4.69) is 5.32 Å². The summed E-state index contributed by atoms with van der Waals surface area (Å²) in [5.74, 6) is -2.17. The summed E-state index contributed by atoms with van der Waals surface area (Å²) in [5, 5.41) is 20.9. The monoisotopic (exact) mass is 272 g/mol. The molecule has 0 unspecified atom stereocenters. The predicted octanol–water partition coefficient (Wildman–Crippen LogP) is 2.41. The summed E-state index contributed by atoms with van der Waals surface area (Å²) in [6.45, 7) is 0. The van der Waals surface area contributed by atoms with Gasteiger partial charge in [-0.1, -0.05) is 6.07 Å². The SMILES string of the molecule is Nc1ccc(Nc2cccc(C(=O)O)c2)c(C(=O)O)c1. The molecule has 5 N–H and O–H groups in total. The van der Waals surface area contributed by atoms with Crippen molar-refractivity contribution in [3.05, 3.63) is 53.6 Å². The maximum Gasteiger partial charge on any atom is 0.337 e. The Hall–Kier alpha value is -3.02. The fourth-order valence-corrected chi connectivity index (χ4v) is 1.73. The van der Waals surface area contributed by atoms with Crippen molar-refractivity contribution in [2.24, 2.45) is 0 Å². The number of anilines is 3. The topological polar surface area (TPSA) is 113 Å². The van der Waals surface area contributed by atoms with Crippen molar-refractivity contribution in [1.29, 1.82) is 0 Å². The van der Waals surface area contributed by atoms with E-state index in [1.54, 1.807) is 18.2 Å². The van der Waals surface area contributed by atoms with E-state index in [1.807, 2.05) is 0 Å². The van der Waals surface area contributed by atoms with E-state index in [0.29, 0.717) is 17.1 Å². The molecule has 2 aromatic carbocycles. The van der Waals surface area contributed by atoms with Gasteiger partial charge in [-0.2, -0.15) is 0 Å². The Balaban J connectivity index is 2.37. The molecule has 0 aliphatic carbocycles. The summed E-state index contributed by atoms with van der Waals surface area (Å²) in [6.07, 6.45) is 0. The standard InChI is InChI=1S/C14H12N2O4/c15-9-4-5-12(11(7-9)14(19)20)16-10-3-1-2-8(6-10)13(17)18/h1-7,16H,15H2,(H,17,18)(H,19,20). The number of nitrogen functional groups attached to an aromatic ring is 1. The van der Waals surface area contributed by atoms with Crippen LogP contribution in [-0.4, -0.2) is 22.2 Å². The van der Waals surface area contributed by atoms with Crippen molar-refractivity contribution in [3.63, 3.8) is 0 Å². The van der Waals surface area contributed by atoms with Crippen molar-refractivity contribution in [1.82, 2.24) is 0 Å². The number of carboxylic acid groups (broad SMARTS) is 2. The minimum Gasteiger partial charge on any atom is -0.478 e. The summed E-state index contributed by atoms with van der Waals surface area (Å²) in [5.41, 5.74) is 6.85. The Morgan fingerprint density at radius 1 is 1.00 bits per heavy atom. The summed E-state index contributed by atoms with van der Waals surface area (Å²) in [6, 6.07) is 10.5. The van der Waals surface area contributed by atoms with Gasteiger partial charge in [-0.3, -0.25) is 0 Å². The number of carboxylic acids is 2. The summed E-state index contributed by atoms with van der Waals surface area (Å²) in [7, 11) is 0. The van der Waals surface area contributed by atoms with E-state index in [9.17, 15) is 9.59 Å². The predicted molar refractivity (Wildman–Crippen MR) is 74.5 cm³/mol. The first-order chi connectivity index (χ1) is 9.47. The van der Waals surface area contributed by atoms with Gasteiger partial charge in [0.05, 0.1) is 16.8 Å². The number of aromatic carboxylic acids is 2. The molecule has 6 heteroatoms. The van der Waals surface area contributed by atoms with Crippen LogP contribution in [0.15, 0.2) is 42.5 Å². The number of rotatable bonds is 4. The Morgan fingerprint density at radius 3 is 2.40 bits per heavy atom. The lowest BCUT2D eigenvalue weighted by Crippen LogP contribution is -2.04. The molecule has 2 rings (SSSR count). The van der Waals surface area contributed by atoms with E-state index >= 15 is 0 Å². The summed E-state index contributed by atoms with van der Waals surface area (Å²) < 4.78 is 0. The number of benzene rings is 2. The zero-order valence-corrected chi connectivity index (χ0v) is 10.3. The molecule has 0 fully saturated rings. The van der Waals surface area contributed by atoms with E-state index < -0.39 is 11.9 Å². The molecule has 0 spiro atoms. The molecule has 0 bridgehead atoms. The zero-order chi connectivity index (χ0) is 14.7. The van der Waals surface area contributed by atoms with Gasteiger partial charge in [-0.25, -0.2) is 9.59 Å². The molecule has 0 aliphatic rings. The van der Waals surface area contributed by atoms with Gasteiger partial charge in [-0.05, 0) is 36.4 Å². The second-order valence-corrected chi connectivity index (χ2v) is 4.12. The molecule has 0 aliphatic heterocycles. The smallest absolute Gasteiger partial charge is 0.337 e. The number of hydrogen-bond acceptors (Lipinski definition) is 4. The van der Waals surface area contributed by atoms with Crippen LogP contribution in [0.3, 0.4) is 0 Å². The maximum atomic E-state index is 11.1. The van der Waals surface area contributed by atoms with E-state index in [-0.39, 0.29) is 11.1 Å². The van der Waals surface area contributed by atoms with Crippen LogP contribution in [0, 0.1) is 0 Å². The van der Waals surface area contributed by atoms with Crippen molar-refractivity contribution < 1.29 is 19.8 Å². The van der Waals surface area contributed by atoms with Gasteiger partial charge < -0.3 is 21.3 Å². The van der Waals surface area contributed by atoms with Gasteiger partial charge in [0.2, 0.25) is 0 Å². The Kier molecular flexibility index (Phi) is 3.56. The van der Waals surface area contributed by atoms with Crippen LogP contribution >= 0.6 is 0 Å². The van der Waals surface area contributed by atoms with Gasteiger partial charge in [-0.15, -0.1) is 0 Å². The lowest BCUT2D eigenvalue weighted by Gasteiger charge is -2.10. The largest absolute Gasteiger partial charge is 0.478 e. The zero-order valence-electron chi connectivity index (χ0n) is 10.3. The normalized spacial score (nSPS) is 10.0. The third-order valence-electron chi connectivity index (χ3n) is 2.66. The lowest BCUT2D eigenvalue weighted by molar-refractivity contribution is 0.0686. The molecule has 0 atom stereocenters. The Morgan fingerprint density at radius 2 is 1.75 bits per heavy atom. The van der Waals surface area contributed by atoms with Crippen LogP contribution in [0.4, 0.5) is 17.1 Å². The molecule has 0 radical (unpaired) electrons. The first-order valence-corrected chi connectivity index (χ1v) is 5.70. The number of nitrogens with two attached hydrogens (primary N) is 1. The molecule has 0 amide bonds. The van der Waals surface area contributed by atoms with Gasteiger partial charge in [0.15, 0.2) is 0 Å². The Labute approximate surface area is 114 Å². The van der Waals surface area contributed by atoms with Crippen molar-refractivity contribution in [2.45, 2.75) is 0 Å². The van der Waals surface area contributed by atoms with Crippen LogP contribution in [-0.2, 0) is 0 Å². The van der Waals surface area contributed by atoms with Crippen molar-refractivity contribution in [2.75, 3.05) is 11.1 Å². The number of nitrogens with one attached hydrogen (secondary N) is 1. The summed E-state index contributed by atoms with van der Waals surface area (Å²) in [4.78, 5) is 22.0. The molecule has 0 saturated carbocycles. The highest BCUT2D eigenvalue weighted by molar-refractivity contribution is 5.96. The van der Waals surface area contributed by atoms with Gasteiger partial charge in [0, 0.05) is 11.4 Å². The molecule has 0 aromatic heterocycles. The van der Waals surface area contributed by atoms with Crippen molar-refractivity contribution >= 4 is 29.0 Å². The molecule has 6 nitrogen and oxygen atoms in total. The highest BCUT2D eigenvalue weighted by Crippen LogP contribution is 2.24. The highest BCUT2D eigenvalue weighted by atomic mass is 16.4. The number of hydrogen-bond donors (Lipinski definition) is 4. The second-order valence-electron chi connectivity index (χ2n) is 4.12. The number of carbonyl (C=O) groups is 2. The van der Waals surface area contributed by atoms with E-state index in [0.717, 1.165) is 0 Å². The van der Waals surface area contributed by atoms with Crippen LogP contribution in [0.5, 0.6) is 0 Å². The van der Waals surface area contributed by atoms with Crippen LogP contribution in [0.25, 0.3) is 0 Å². The average Bonchev–Trinajstić information content (AvgIpc) is 2.41. The third-order valence-corrected chi connectivity index (χ3v) is 2.66. The molecule has 102 valence electrons. The van der Waals surface area contributed by atoms with Gasteiger partial charge in [0.25, 0.3) is 0 Å². The quantitative estimate of drug-likeness (QED) is 0.636. The second kappa shape index (κ2) is 5.31. The van der Waals surface area contributed by atoms with Crippen LogP contribution in [0.2, 0.25) is 0 Å². The summed E-state index contributed by atoms with van der Waals surface area (Å²) >= 11 is 0. The van der Waals surface area contributed by atoms with E-state index in [4.69, 9.17) is 15.9 Å². The van der Waals surface area contributed by atoms with Gasteiger partial charge in [0.1, 0.15) is 0 Å². The molecule has 2 aromatic rings. The molecular weight excluding hydrogens is 260 g/mol. The van der Waals surface area contributed by atoms with Crippen molar-refractivity contribution in [3.8, 4) is 0 Å². The molecule has 0 saturated heterocycles. The molecule has 0 heterocycles. The Bertz CT molecular complexity index is 683. The fourth-order valence-electron chi connectivity index (χ4n) is 1.73. The first kappa shape index (κ1) is 13.4. The minimum atomic E-state index is -1.12. The lowest BCUT2D eigenvalue weighted by atomic mass is 10.1. The van der Waals surface area contributed by atoms with Crippen LogP contribution in [0.1, 0.15) is 20.7 Å². The molecule has 20 heavy (non-hydrogen) atoms. The third kappa shape index (κ3) is 2.86. The fraction of sp³-hybridized carbons (Fsp3) is 0. The first-order valence-electron chi connectivity index (χ1n) is 5.70. The molecular formula is C14H12N2O4. The minimum absolute atomic E-state index is 0.0192. The van der Waals surface area contributed by atoms with Crippen LogP contribution < -0.4 is 11.1 Å². The highest BCUT2D eigenvalue weighted by Gasteiger charge is 2.11.